The van der Waals surface area contributed by atoms with Crippen molar-refractivity contribution >= 4 is 29.3 Å². The number of carbonyl (C=O) groups is 1. The Labute approximate surface area is 168 Å². The number of rotatable bonds is 3. The number of fused-ring (bicyclic) bond motifs is 1. The number of nitriles is 1. The number of benzene rings is 2. The second-order valence-electron chi connectivity index (χ2n) is 6.79. The van der Waals surface area contributed by atoms with E-state index >= 15 is 0 Å². The van der Waals surface area contributed by atoms with Crippen molar-refractivity contribution in [1.29, 1.82) is 5.26 Å². The molecule has 2 aliphatic heterocycles. The molecule has 1 saturated heterocycles. The summed E-state index contributed by atoms with van der Waals surface area (Å²) in [4.78, 5) is 16.0. The quantitative estimate of drug-likeness (QED) is 0.867. The van der Waals surface area contributed by atoms with Crippen molar-refractivity contribution in [2.45, 2.75) is 18.9 Å². The van der Waals surface area contributed by atoms with Crippen LogP contribution in [-0.4, -0.2) is 23.4 Å². The second-order valence-corrected chi connectivity index (χ2v) is 8.16. The molecule has 0 saturated carbocycles. The van der Waals surface area contributed by atoms with Crippen LogP contribution in [0.4, 0.5) is 0 Å². The van der Waals surface area contributed by atoms with E-state index in [1.165, 1.54) is 10.5 Å². The molecule has 0 aliphatic carbocycles. The van der Waals surface area contributed by atoms with Gasteiger partial charge in [0.25, 0.3) is 0 Å². The third kappa shape index (κ3) is 3.61. The number of allylic oxidation sites excluding steroid dienone is 1. The molecular weight excluding hydrogens is 378 g/mol. The standard InChI is InChI=1S/C21H18ClN3OS/c22-19-9-5-4-8-16(19)17-10-20(26)25-13-24(12-15-6-2-1-3-7-15)14-27-21(25)18(17)11-23/h1-9,17H,10,12-14H2/p+1/t17-/m0/s1. The van der Waals surface area contributed by atoms with Gasteiger partial charge in [-0.1, -0.05) is 60.1 Å². The molecule has 0 bridgehead atoms. The smallest absolute Gasteiger partial charge is 0.232 e. The Bertz CT molecular complexity index is 938. The topological polar surface area (TPSA) is 48.5 Å². The molecule has 2 atom stereocenters. The minimum atomic E-state index is -0.259. The Hall–Kier alpha value is -2.26. The van der Waals surface area contributed by atoms with Crippen LogP contribution >= 0.6 is 23.4 Å². The predicted octanol–water partition coefficient (Wildman–Crippen LogP) is 3.14. The highest BCUT2D eigenvalue weighted by Crippen LogP contribution is 2.42. The highest BCUT2D eigenvalue weighted by Gasteiger charge is 2.40. The number of thioether (sulfide) groups is 1. The fourth-order valence-corrected chi connectivity index (χ4v) is 5.16. The molecule has 1 N–H and O–H groups in total. The van der Waals surface area contributed by atoms with E-state index in [0.717, 1.165) is 23.0 Å². The van der Waals surface area contributed by atoms with Crippen LogP contribution in [0.25, 0.3) is 0 Å². The minimum Gasteiger partial charge on any atom is -0.305 e. The lowest BCUT2D eigenvalue weighted by Gasteiger charge is -2.39. The molecule has 6 heteroatoms. The number of quaternary nitrogens is 1. The summed E-state index contributed by atoms with van der Waals surface area (Å²) in [7, 11) is 0. The molecule has 136 valence electrons. The molecule has 2 aromatic rings. The lowest BCUT2D eigenvalue weighted by atomic mass is 9.86. The number of nitrogens with one attached hydrogen (secondary N) is 1. The van der Waals surface area contributed by atoms with Crippen molar-refractivity contribution in [1.82, 2.24) is 4.90 Å². The summed E-state index contributed by atoms with van der Waals surface area (Å²) in [5, 5.41) is 11.2. The van der Waals surface area contributed by atoms with Gasteiger partial charge in [-0.2, -0.15) is 5.26 Å². The minimum absolute atomic E-state index is 0.0617. The molecule has 2 heterocycles. The van der Waals surface area contributed by atoms with Gasteiger partial charge in [0.2, 0.25) is 5.91 Å². The van der Waals surface area contributed by atoms with Crippen molar-refractivity contribution in [3.63, 3.8) is 0 Å². The number of hydrogen-bond acceptors (Lipinski definition) is 3. The first-order chi connectivity index (χ1) is 13.2. The zero-order valence-electron chi connectivity index (χ0n) is 14.7. The number of nitrogens with zero attached hydrogens (tertiary/aromatic N) is 2. The Balaban J connectivity index is 1.61. The van der Waals surface area contributed by atoms with Crippen LogP contribution in [-0.2, 0) is 11.3 Å². The van der Waals surface area contributed by atoms with E-state index in [0.29, 0.717) is 17.3 Å². The van der Waals surface area contributed by atoms with Crippen molar-refractivity contribution in [3.05, 3.63) is 81.3 Å². The third-order valence-electron chi connectivity index (χ3n) is 5.00. The Kier molecular flexibility index (Phi) is 5.22. The van der Waals surface area contributed by atoms with Crippen LogP contribution in [0.1, 0.15) is 23.5 Å². The van der Waals surface area contributed by atoms with Gasteiger partial charge < -0.3 is 4.90 Å². The molecule has 0 spiro atoms. The predicted molar refractivity (Wildman–Crippen MR) is 107 cm³/mol. The van der Waals surface area contributed by atoms with Gasteiger partial charge in [0.15, 0.2) is 6.67 Å². The van der Waals surface area contributed by atoms with Gasteiger partial charge in [-0.05, 0) is 23.4 Å². The summed E-state index contributed by atoms with van der Waals surface area (Å²) in [6.45, 7) is 1.46. The maximum atomic E-state index is 12.9. The van der Waals surface area contributed by atoms with Gasteiger partial charge in [-0.3, -0.25) is 9.69 Å². The summed E-state index contributed by atoms with van der Waals surface area (Å²) >= 11 is 7.95. The summed E-state index contributed by atoms with van der Waals surface area (Å²) < 4.78 is 0. The summed E-state index contributed by atoms with van der Waals surface area (Å²) in [6.07, 6.45) is 0.287. The van der Waals surface area contributed by atoms with E-state index in [2.05, 4.69) is 18.2 Å². The molecule has 27 heavy (non-hydrogen) atoms. The van der Waals surface area contributed by atoms with Gasteiger partial charge in [-0.25, -0.2) is 0 Å². The molecule has 4 nitrogen and oxygen atoms in total. The molecule has 1 fully saturated rings. The van der Waals surface area contributed by atoms with E-state index in [4.69, 9.17) is 11.6 Å². The average molecular weight is 397 g/mol. The van der Waals surface area contributed by atoms with Crippen LogP contribution in [0.3, 0.4) is 0 Å². The first-order valence-electron chi connectivity index (χ1n) is 8.86. The lowest BCUT2D eigenvalue weighted by molar-refractivity contribution is -0.910. The number of amides is 1. The Morgan fingerprint density at radius 1 is 1.19 bits per heavy atom. The van der Waals surface area contributed by atoms with Crippen molar-refractivity contribution < 1.29 is 9.69 Å². The zero-order valence-corrected chi connectivity index (χ0v) is 16.3. The van der Waals surface area contributed by atoms with Crippen LogP contribution in [0.2, 0.25) is 5.02 Å². The summed E-state index contributed by atoms with van der Waals surface area (Å²) in [6, 6.07) is 20.1. The van der Waals surface area contributed by atoms with Crippen LogP contribution in [0, 0.1) is 11.3 Å². The molecular formula is C21H19ClN3OS+. The van der Waals surface area contributed by atoms with Crippen molar-refractivity contribution in [3.8, 4) is 6.07 Å². The van der Waals surface area contributed by atoms with E-state index in [1.54, 1.807) is 16.7 Å². The van der Waals surface area contributed by atoms with Crippen molar-refractivity contribution in [2.75, 3.05) is 12.5 Å². The fourth-order valence-electron chi connectivity index (χ4n) is 3.69. The summed E-state index contributed by atoms with van der Waals surface area (Å²) in [5.41, 5.74) is 2.77. The molecule has 2 aliphatic rings. The first-order valence-corrected chi connectivity index (χ1v) is 10.2. The van der Waals surface area contributed by atoms with E-state index in [1.807, 2.05) is 42.5 Å². The highest BCUT2D eigenvalue weighted by atomic mass is 35.5. The van der Waals surface area contributed by atoms with Gasteiger partial charge in [0, 0.05) is 22.9 Å². The fraction of sp³-hybridized carbons (Fsp3) is 0.238. The molecule has 1 amide bonds. The van der Waals surface area contributed by atoms with Gasteiger partial charge in [0.1, 0.15) is 17.5 Å². The van der Waals surface area contributed by atoms with Crippen LogP contribution < -0.4 is 4.90 Å². The van der Waals surface area contributed by atoms with E-state index < -0.39 is 0 Å². The monoisotopic (exact) mass is 396 g/mol. The molecule has 0 aromatic heterocycles. The van der Waals surface area contributed by atoms with Gasteiger partial charge in [0.05, 0.1) is 11.6 Å². The maximum Gasteiger partial charge on any atom is 0.232 e. The Morgan fingerprint density at radius 2 is 1.93 bits per heavy atom. The van der Waals surface area contributed by atoms with Gasteiger partial charge in [-0.15, -0.1) is 0 Å². The molecule has 1 unspecified atom stereocenters. The molecule has 0 radical (unpaired) electrons. The lowest BCUT2D eigenvalue weighted by Crippen LogP contribution is -3.12. The van der Waals surface area contributed by atoms with Crippen LogP contribution in [0.5, 0.6) is 0 Å². The third-order valence-corrected chi connectivity index (χ3v) is 6.61. The number of halogens is 1. The van der Waals surface area contributed by atoms with Gasteiger partial charge >= 0.3 is 0 Å². The maximum absolute atomic E-state index is 12.9. The second kappa shape index (κ2) is 7.77. The SMILES string of the molecule is N#CC1=C2SC[NH+](Cc3ccccc3)CN2C(=O)C[C@H]1c1ccccc1Cl. The number of hydrogen-bond donors (Lipinski definition) is 1. The highest BCUT2D eigenvalue weighted by molar-refractivity contribution is 8.02. The van der Waals surface area contributed by atoms with Crippen LogP contribution in [0.15, 0.2) is 65.2 Å². The number of carbonyl (C=O) groups excluding carboxylic acids is 1. The normalized spacial score (nSPS) is 22.4. The van der Waals surface area contributed by atoms with E-state index in [9.17, 15) is 10.1 Å². The largest absolute Gasteiger partial charge is 0.305 e. The first kappa shape index (κ1) is 18.1. The summed E-state index contributed by atoms with van der Waals surface area (Å²) in [5.74, 6) is 0.631. The van der Waals surface area contributed by atoms with Crippen molar-refractivity contribution in [2.24, 2.45) is 0 Å². The molecule has 2 aromatic carbocycles. The van der Waals surface area contributed by atoms with E-state index in [-0.39, 0.29) is 18.2 Å². The molecule has 4 rings (SSSR count). The average Bonchev–Trinajstić information content (AvgIpc) is 2.69. The zero-order chi connectivity index (χ0) is 18.8. The Morgan fingerprint density at radius 3 is 2.67 bits per heavy atom.